The van der Waals surface area contributed by atoms with Gasteiger partial charge in [0.05, 0.1) is 11.7 Å². The van der Waals surface area contributed by atoms with Gasteiger partial charge in [-0.2, -0.15) is 5.10 Å². The van der Waals surface area contributed by atoms with Crippen molar-refractivity contribution in [3.8, 4) is 0 Å². The smallest absolute Gasteiger partial charge is 0.0651 e. The zero-order chi connectivity index (χ0) is 14.7. The molecule has 108 valence electrons. The van der Waals surface area contributed by atoms with E-state index >= 15 is 0 Å². The zero-order valence-corrected chi connectivity index (χ0v) is 12.6. The number of nitrogens with zero attached hydrogens (tertiary/aromatic N) is 1. The van der Waals surface area contributed by atoms with E-state index in [0.29, 0.717) is 0 Å². The highest BCUT2D eigenvalue weighted by molar-refractivity contribution is 5.81. The Hall–Kier alpha value is -2.29. The fraction of sp³-hybridized carbons (Fsp3) is 0.278. The molecule has 0 aliphatic rings. The second kappa shape index (κ2) is 6.00. The van der Waals surface area contributed by atoms with Gasteiger partial charge in [0.2, 0.25) is 0 Å². The molecule has 2 aromatic carbocycles. The van der Waals surface area contributed by atoms with Crippen LogP contribution in [0, 0.1) is 0 Å². The lowest BCUT2D eigenvalue weighted by Gasteiger charge is -2.16. The summed E-state index contributed by atoms with van der Waals surface area (Å²) in [5.41, 5.74) is 4.90. The number of benzene rings is 2. The Bertz CT molecular complexity index is 713. The molecule has 0 spiro atoms. The first kappa shape index (κ1) is 13.7. The molecule has 0 saturated carbocycles. The van der Waals surface area contributed by atoms with Crippen LogP contribution in [0.2, 0.25) is 0 Å². The van der Waals surface area contributed by atoms with Crippen molar-refractivity contribution >= 4 is 16.6 Å². The SMILES string of the molecule is CCCc1ccc(C(C)Nc2ccc3[nH]ncc3c2)cc1. The third kappa shape index (κ3) is 3.07. The summed E-state index contributed by atoms with van der Waals surface area (Å²) in [6.07, 6.45) is 4.20. The molecule has 1 unspecified atom stereocenters. The summed E-state index contributed by atoms with van der Waals surface area (Å²) >= 11 is 0. The van der Waals surface area contributed by atoms with E-state index in [4.69, 9.17) is 0 Å². The summed E-state index contributed by atoms with van der Waals surface area (Å²) in [7, 11) is 0. The van der Waals surface area contributed by atoms with Gasteiger partial charge in [-0.25, -0.2) is 0 Å². The molecule has 0 amide bonds. The van der Waals surface area contributed by atoms with Crippen molar-refractivity contribution in [1.29, 1.82) is 0 Å². The third-order valence-electron chi connectivity index (χ3n) is 3.84. The number of aromatic nitrogens is 2. The van der Waals surface area contributed by atoms with Crippen LogP contribution in [0.4, 0.5) is 5.69 Å². The van der Waals surface area contributed by atoms with Crippen LogP contribution in [0.3, 0.4) is 0 Å². The van der Waals surface area contributed by atoms with Gasteiger partial charge in [0.15, 0.2) is 0 Å². The number of H-pyrrole nitrogens is 1. The van der Waals surface area contributed by atoms with Crippen LogP contribution in [-0.4, -0.2) is 10.2 Å². The van der Waals surface area contributed by atoms with E-state index in [-0.39, 0.29) is 6.04 Å². The summed E-state index contributed by atoms with van der Waals surface area (Å²) < 4.78 is 0. The first-order chi connectivity index (χ1) is 10.3. The highest BCUT2D eigenvalue weighted by Gasteiger charge is 2.06. The Morgan fingerprint density at radius 1 is 1.14 bits per heavy atom. The average Bonchev–Trinajstić information content (AvgIpc) is 2.96. The first-order valence-electron chi connectivity index (χ1n) is 7.55. The average molecular weight is 279 g/mol. The van der Waals surface area contributed by atoms with Gasteiger partial charge in [-0.05, 0) is 42.7 Å². The second-order valence-corrected chi connectivity index (χ2v) is 5.53. The Labute approximate surface area is 125 Å². The highest BCUT2D eigenvalue weighted by atomic mass is 15.1. The van der Waals surface area contributed by atoms with E-state index in [9.17, 15) is 0 Å². The molecule has 3 aromatic rings. The van der Waals surface area contributed by atoms with Gasteiger partial charge in [-0.15, -0.1) is 0 Å². The van der Waals surface area contributed by atoms with Gasteiger partial charge in [-0.1, -0.05) is 37.6 Å². The molecule has 1 heterocycles. The summed E-state index contributed by atoms with van der Waals surface area (Å²) in [6, 6.07) is 15.5. The van der Waals surface area contributed by atoms with Crippen molar-refractivity contribution in [3.63, 3.8) is 0 Å². The minimum atomic E-state index is 0.282. The van der Waals surface area contributed by atoms with Crippen LogP contribution in [0.15, 0.2) is 48.7 Å². The quantitative estimate of drug-likeness (QED) is 0.711. The summed E-state index contributed by atoms with van der Waals surface area (Å²) in [4.78, 5) is 0. The predicted octanol–water partition coefficient (Wildman–Crippen LogP) is 4.69. The monoisotopic (exact) mass is 279 g/mol. The lowest BCUT2D eigenvalue weighted by molar-refractivity contribution is 0.877. The molecule has 0 bridgehead atoms. The fourth-order valence-corrected chi connectivity index (χ4v) is 2.63. The van der Waals surface area contributed by atoms with Crippen molar-refractivity contribution in [2.45, 2.75) is 32.7 Å². The molecular weight excluding hydrogens is 258 g/mol. The Morgan fingerprint density at radius 2 is 1.95 bits per heavy atom. The maximum absolute atomic E-state index is 4.05. The van der Waals surface area contributed by atoms with Crippen molar-refractivity contribution in [1.82, 2.24) is 10.2 Å². The van der Waals surface area contributed by atoms with Crippen molar-refractivity contribution in [2.75, 3.05) is 5.32 Å². The number of anilines is 1. The molecule has 3 nitrogen and oxygen atoms in total. The topological polar surface area (TPSA) is 40.7 Å². The Kier molecular flexibility index (Phi) is 3.91. The zero-order valence-electron chi connectivity index (χ0n) is 12.6. The maximum Gasteiger partial charge on any atom is 0.0651 e. The predicted molar refractivity (Wildman–Crippen MR) is 88.6 cm³/mol. The second-order valence-electron chi connectivity index (χ2n) is 5.53. The van der Waals surface area contributed by atoms with Gasteiger partial charge in [-0.3, -0.25) is 5.10 Å². The van der Waals surface area contributed by atoms with E-state index in [1.807, 2.05) is 6.20 Å². The molecule has 0 saturated heterocycles. The van der Waals surface area contributed by atoms with Gasteiger partial charge in [0.25, 0.3) is 0 Å². The molecular formula is C18H21N3. The van der Waals surface area contributed by atoms with Crippen LogP contribution < -0.4 is 5.32 Å². The van der Waals surface area contributed by atoms with E-state index in [1.165, 1.54) is 17.5 Å². The maximum atomic E-state index is 4.05. The molecule has 0 fully saturated rings. The van der Waals surface area contributed by atoms with Gasteiger partial charge in [0, 0.05) is 17.1 Å². The van der Waals surface area contributed by atoms with Gasteiger partial charge < -0.3 is 5.32 Å². The molecule has 1 aromatic heterocycles. The third-order valence-corrected chi connectivity index (χ3v) is 3.84. The van der Waals surface area contributed by atoms with Crippen LogP contribution >= 0.6 is 0 Å². The van der Waals surface area contributed by atoms with E-state index < -0.39 is 0 Å². The minimum absolute atomic E-state index is 0.282. The van der Waals surface area contributed by atoms with Crippen LogP contribution in [-0.2, 0) is 6.42 Å². The number of aryl methyl sites for hydroxylation is 1. The number of hydrogen-bond donors (Lipinski definition) is 2. The number of hydrogen-bond acceptors (Lipinski definition) is 2. The minimum Gasteiger partial charge on any atom is -0.379 e. The molecule has 3 heteroatoms. The molecule has 2 N–H and O–H groups in total. The van der Waals surface area contributed by atoms with Crippen LogP contribution in [0.25, 0.3) is 10.9 Å². The van der Waals surface area contributed by atoms with Gasteiger partial charge >= 0.3 is 0 Å². The Morgan fingerprint density at radius 3 is 2.71 bits per heavy atom. The number of aromatic amines is 1. The summed E-state index contributed by atoms with van der Waals surface area (Å²) in [6.45, 7) is 4.40. The molecule has 0 aliphatic heterocycles. The van der Waals surface area contributed by atoms with Gasteiger partial charge in [0.1, 0.15) is 0 Å². The molecule has 1 atom stereocenters. The van der Waals surface area contributed by atoms with Crippen LogP contribution in [0.5, 0.6) is 0 Å². The van der Waals surface area contributed by atoms with Crippen molar-refractivity contribution in [3.05, 3.63) is 59.8 Å². The fourth-order valence-electron chi connectivity index (χ4n) is 2.63. The number of rotatable bonds is 5. The lowest BCUT2D eigenvalue weighted by Crippen LogP contribution is -2.06. The van der Waals surface area contributed by atoms with Crippen molar-refractivity contribution < 1.29 is 0 Å². The summed E-state index contributed by atoms with van der Waals surface area (Å²) in [5.74, 6) is 0. The van der Waals surface area contributed by atoms with E-state index in [1.54, 1.807) is 0 Å². The normalized spacial score (nSPS) is 12.5. The van der Waals surface area contributed by atoms with E-state index in [0.717, 1.165) is 23.0 Å². The summed E-state index contributed by atoms with van der Waals surface area (Å²) in [5, 5.41) is 11.7. The van der Waals surface area contributed by atoms with Crippen LogP contribution in [0.1, 0.15) is 37.4 Å². The van der Waals surface area contributed by atoms with E-state index in [2.05, 4.69) is 71.8 Å². The molecule has 21 heavy (non-hydrogen) atoms. The standard InChI is InChI=1S/C18H21N3/c1-3-4-14-5-7-15(8-6-14)13(2)20-17-9-10-18-16(11-17)12-19-21-18/h5-13,20H,3-4H2,1-2H3,(H,19,21). The number of nitrogens with one attached hydrogen (secondary N) is 2. The largest absolute Gasteiger partial charge is 0.379 e. The first-order valence-corrected chi connectivity index (χ1v) is 7.55. The molecule has 3 rings (SSSR count). The number of fused-ring (bicyclic) bond motifs is 1. The highest BCUT2D eigenvalue weighted by Crippen LogP contribution is 2.22. The lowest BCUT2D eigenvalue weighted by atomic mass is 10.0. The molecule has 0 radical (unpaired) electrons. The Balaban J connectivity index is 1.73. The van der Waals surface area contributed by atoms with Crippen molar-refractivity contribution in [2.24, 2.45) is 0 Å². The molecule has 0 aliphatic carbocycles.